The van der Waals surface area contributed by atoms with Crippen LogP contribution in [0.2, 0.25) is 0 Å². The molecule has 9 rings (SSSR count). The monoisotopic (exact) mass is 562 g/mol. The van der Waals surface area contributed by atoms with Crippen molar-refractivity contribution in [1.29, 1.82) is 0 Å². The lowest BCUT2D eigenvalue weighted by molar-refractivity contribution is 1.63. The zero-order valence-corrected chi connectivity index (χ0v) is 24.2. The van der Waals surface area contributed by atoms with Gasteiger partial charge in [-0.15, -0.1) is 11.3 Å². The number of thiophene rings is 1. The molecule has 0 amide bonds. The summed E-state index contributed by atoms with van der Waals surface area (Å²) in [4.78, 5) is 0. The summed E-state index contributed by atoms with van der Waals surface area (Å²) < 4.78 is 2.69. The van der Waals surface area contributed by atoms with Gasteiger partial charge in [-0.3, -0.25) is 0 Å². The van der Waals surface area contributed by atoms with Gasteiger partial charge in [-0.05, 0) is 78.3 Å². The number of benzene rings is 8. The average Bonchev–Trinajstić information content (AvgIpc) is 3.46. The Morgan fingerprint density at radius 1 is 0.326 bits per heavy atom. The van der Waals surface area contributed by atoms with Crippen LogP contribution in [0.5, 0.6) is 0 Å². The first-order valence-electron chi connectivity index (χ1n) is 14.8. The van der Waals surface area contributed by atoms with Crippen LogP contribution in [0.15, 0.2) is 158 Å². The summed E-state index contributed by atoms with van der Waals surface area (Å²) in [5.41, 5.74) is 7.63. The van der Waals surface area contributed by atoms with Gasteiger partial charge in [0.15, 0.2) is 0 Å². The first kappa shape index (κ1) is 24.4. The molecule has 1 aromatic heterocycles. The summed E-state index contributed by atoms with van der Waals surface area (Å²) in [6.45, 7) is 0. The van der Waals surface area contributed by atoms with Crippen molar-refractivity contribution in [2.24, 2.45) is 0 Å². The standard InChI is InChI=1S/C42H26S/c1-2-12-28-25-30(24-23-27(28)11-1)29-13-9-14-31(26-29)40-33-16-3-5-18-35(33)41(36-19-6-4-17-34(36)40)38-21-10-20-37-32-15-7-8-22-39(32)43-42(37)38/h1-26H. The molecule has 43 heavy (non-hydrogen) atoms. The molecular formula is C42H26S. The van der Waals surface area contributed by atoms with Gasteiger partial charge in [-0.2, -0.15) is 0 Å². The molecule has 0 fully saturated rings. The Labute approximate surface area is 254 Å². The van der Waals surface area contributed by atoms with Crippen LogP contribution in [0.25, 0.3) is 85.9 Å². The molecule has 200 valence electrons. The number of hydrogen-bond acceptors (Lipinski definition) is 1. The highest BCUT2D eigenvalue weighted by molar-refractivity contribution is 7.26. The maximum atomic E-state index is 2.37. The van der Waals surface area contributed by atoms with Crippen LogP contribution in [-0.4, -0.2) is 0 Å². The van der Waals surface area contributed by atoms with E-state index in [9.17, 15) is 0 Å². The van der Waals surface area contributed by atoms with Crippen LogP contribution < -0.4 is 0 Å². The van der Waals surface area contributed by atoms with Gasteiger partial charge < -0.3 is 0 Å². The van der Waals surface area contributed by atoms with Gasteiger partial charge in [0.2, 0.25) is 0 Å². The van der Waals surface area contributed by atoms with Crippen LogP contribution in [0.1, 0.15) is 0 Å². The molecule has 0 radical (unpaired) electrons. The molecular weight excluding hydrogens is 537 g/mol. The summed E-state index contributed by atoms with van der Waals surface area (Å²) in [6.07, 6.45) is 0. The molecule has 0 saturated carbocycles. The topological polar surface area (TPSA) is 0 Å². The van der Waals surface area contributed by atoms with Crippen LogP contribution in [-0.2, 0) is 0 Å². The Bertz CT molecular complexity index is 2460. The second-order valence-corrected chi connectivity index (χ2v) is 12.3. The molecule has 0 atom stereocenters. The van der Waals surface area contributed by atoms with E-state index in [1.54, 1.807) is 0 Å². The van der Waals surface area contributed by atoms with Gasteiger partial charge in [-0.25, -0.2) is 0 Å². The van der Waals surface area contributed by atoms with Crippen LogP contribution >= 0.6 is 11.3 Å². The first-order valence-corrected chi connectivity index (χ1v) is 15.6. The molecule has 0 bridgehead atoms. The summed E-state index contributed by atoms with van der Waals surface area (Å²) in [5, 5.41) is 10.3. The van der Waals surface area contributed by atoms with Crippen LogP contribution in [0, 0.1) is 0 Å². The second-order valence-electron chi connectivity index (χ2n) is 11.3. The second kappa shape index (κ2) is 9.66. The molecule has 9 aromatic rings. The van der Waals surface area contributed by atoms with Gasteiger partial charge in [0, 0.05) is 25.7 Å². The average molecular weight is 563 g/mol. The van der Waals surface area contributed by atoms with Crippen molar-refractivity contribution < 1.29 is 0 Å². The minimum absolute atomic E-state index is 1.23. The van der Waals surface area contributed by atoms with Crippen molar-refractivity contribution in [3.05, 3.63) is 158 Å². The van der Waals surface area contributed by atoms with Gasteiger partial charge in [0.25, 0.3) is 0 Å². The summed E-state index contributed by atoms with van der Waals surface area (Å²) in [6, 6.07) is 57.9. The lowest BCUT2D eigenvalue weighted by Crippen LogP contribution is -1.91. The van der Waals surface area contributed by atoms with E-state index in [2.05, 4.69) is 158 Å². The highest BCUT2D eigenvalue weighted by atomic mass is 32.1. The zero-order chi connectivity index (χ0) is 28.3. The number of fused-ring (bicyclic) bond motifs is 6. The van der Waals surface area contributed by atoms with Crippen molar-refractivity contribution in [3.63, 3.8) is 0 Å². The van der Waals surface area contributed by atoms with E-state index in [4.69, 9.17) is 0 Å². The molecule has 0 unspecified atom stereocenters. The largest absolute Gasteiger partial charge is 0.135 e. The predicted octanol–water partition coefficient (Wildman–Crippen LogP) is 12.5. The van der Waals surface area contributed by atoms with E-state index in [-0.39, 0.29) is 0 Å². The molecule has 0 aliphatic carbocycles. The minimum Gasteiger partial charge on any atom is -0.135 e. The molecule has 0 aliphatic heterocycles. The van der Waals surface area contributed by atoms with Gasteiger partial charge >= 0.3 is 0 Å². The van der Waals surface area contributed by atoms with Crippen molar-refractivity contribution in [3.8, 4) is 33.4 Å². The minimum atomic E-state index is 1.23. The van der Waals surface area contributed by atoms with Gasteiger partial charge in [0.05, 0.1) is 0 Å². The van der Waals surface area contributed by atoms with E-state index >= 15 is 0 Å². The lowest BCUT2D eigenvalue weighted by atomic mass is 9.85. The molecule has 0 spiro atoms. The molecule has 0 aliphatic rings. The predicted molar refractivity (Wildman–Crippen MR) is 188 cm³/mol. The van der Waals surface area contributed by atoms with E-state index in [0.717, 1.165) is 0 Å². The van der Waals surface area contributed by atoms with Crippen molar-refractivity contribution >= 4 is 63.8 Å². The van der Waals surface area contributed by atoms with Crippen molar-refractivity contribution in [2.45, 2.75) is 0 Å². The number of hydrogen-bond donors (Lipinski definition) is 0. The maximum absolute atomic E-state index is 2.37. The Kier molecular flexibility index (Phi) is 5.47. The zero-order valence-electron chi connectivity index (χ0n) is 23.4. The smallest absolute Gasteiger partial charge is 0.0434 e. The SMILES string of the molecule is c1cc(-c2ccc3ccccc3c2)cc(-c2c3ccccc3c(-c3cccc4c3sc3ccccc34)c3ccccc23)c1. The Morgan fingerprint density at radius 2 is 0.884 bits per heavy atom. The summed E-state index contributed by atoms with van der Waals surface area (Å²) >= 11 is 1.90. The van der Waals surface area contributed by atoms with Gasteiger partial charge in [-0.1, -0.05) is 140 Å². The first-order chi connectivity index (χ1) is 21.3. The normalized spacial score (nSPS) is 11.7. The fraction of sp³-hybridized carbons (Fsp3) is 0. The molecule has 1 heterocycles. The van der Waals surface area contributed by atoms with Gasteiger partial charge in [0.1, 0.15) is 0 Å². The fourth-order valence-corrected chi connectivity index (χ4v) is 8.12. The quantitative estimate of drug-likeness (QED) is 0.188. The van der Waals surface area contributed by atoms with E-state index in [1.165, 1.54) is 85.9 Å². The third-order valence-electron chi connectivity index (χ3n) is 8.84. The lowest BCUT2D eigenvalue weighted by Gasteiger charge is -2.18. The van der Waals surface area contributed by atoms with Crippen LogP contribution in [0.3, 0.4) is 0 Å². The maximum Gasteiger partial charge on any atom is 0.0434 e. The number of rotatable bonds is 3. The molecule has 0 N–H and O–H groups in total. The third-order valence-corrected chi connectivity index (χ3v) is 10.1. The summed E-state index contributed by atoms with van der Waals surface area (Å²) in [7, 11) is 0. The molecule has 0 saturated heterocycles. The van der Waals surface area contributed by atoms with Crippen molar-refractivity contribution in [1.82, 2.24) is 0 Å². The molecule has 0 nitrogen and oxygen atoms in total. The summed E-state index contributed by atoms with van der Waals surface area (Å²) in [5.74, 6) is 0. The Morgan fingerprint density at radius 3 is 1.65 bits per heavy atom. The highest BCUT2D eigenvalue weighted by Crippen LogP contribution is 2.48. The fourth-order valence-electron chi connectivity index (χ4n) is 6.90. The molecule has 1 heteroatoms. The van der Waals surface area contributed by atoms with E-state index in [0.29, 0.717) is 0 Å². The van der Waals surface area contributed by atoms with Crippen molar-refractivity contribution in [2.75, 3.05) is 0 Å². The Hall–Kier alpha value is -5.24. The van der Waals surface area contributed by atoms with E-state index in [1.807, 2.05) is 11.3 Å². The highest BCUT2D eigenvalue weighted by Gasteiger charge is 2.19. The van der Waals surface area contributed by atoms with E-state index < -0.39 is 0 Å². The van der Waals surface area contributed by atoms with Crippen LogP contribution in [0.4, 0.5) is 0 Å². The molecule has 8 aromatic carbocycles. The Balaban J connectivity index is 1.33. The third kappa shape index (κ3) is 3.82.